The number of carboxylic acid groups (broad SMARTS) is 2. The molecule has 0 atom stereocenters. The van der Waals surface area contributed by atoms with Crippen molar-refractivity contribution in [3.8, 4) is 0 Å². The number of esters is 2. The maximum absolute atomic E-state index is 10.5. The van der Waals surface area contributed by atoms with Crippen molar-refractivity contribution in [3.63, 3.8) is 0 Å². The molecule has 8 heteroatoms. The quantitative estimate of drug-likeness (QED) is 0.521. The van der Waals surface area contributed by atoms with Crippen LogP contribution in [0.25, 0.3) is 0 Å². The van der Waals surface area contributed by atoms with Crippen molar-refractivity contribution in [2.75, 3.05) is 13.2 Å². The SMILES string of the molecule is CCCOC(=O)/C=C/C(=O)O.CCOC(=O)/C=C/C(=O)O. The molecule has 0 fully saturated rings. The van der Waals surface area contributed by atoms with E-state index in [-0.39, 0.29) is 6.61 Å². The van der Waals surface area contributed by atoms with Gasteiger partial charge in [-0.15, -0.1) is 0 Å². The van der Waals surface area contributed by atoms with Crippen LogP contribution in [0.2, 0.25) is 0 Å². The van der Waals surface area contributed by atoms with E-state index < -0.39 is 23.9 Å². The molecule has 0 aliphatic heterocycles. The molecule has 0 aromatic heterocycles. The van der Waals surface area contributed by atoms with Crippen molar-refractivity contribution in [2.24, 2.45) is 0 Å². The van der Waals surface area contributed by atoms with Gasteiger partial charge in [0, 0.05) is 24.3 Å². The Hall–Kier alpha value is -2.64. The van der Waals surface area contributed by atoms with Gasteiger partial charge in [0.1, 0.15) is 0 Å². The molecule has 8 nitrogen and oxygen atoms in total. The topological polar surface area (TPSA) is 127 Å². The third-order valence-corrected chi connectivity index (χ3v) is 1.46. The van der Waals surface area contributed by atoms with Crippen LogP contribution in [0.15, 0.2) is 24.3 Å². The van der Waals surface area contributed by atoms with Crippen LogP contribution in [0.4, 0.5) is 0 Å². The van der Waals surface area contributed by atoms with Crippen LogP contribution in [0, 0.1) is 0 Å². The van der Waals surface area contributed by atoms with Gasteiger partial charge in [-0.2, -0.15) is 0 Å². The van der Waals surface area contributed by atoms with Crippen LogP contribution in [-0.2, 0) is 28.7 Å². The highest BCUT2D eigenvalue weighted by Crippen LogP contribution is 1.84. The summed E-state index contributed by atoms with van der Waals surface area (Å²) in [6.45, 7) is 4.08. The fourth-order valence-corrected chi connectivity index (χ4v) is 0.720. The summed E-state index contributed by atoms with van der Waals surface area (Å²) in [4.78, 5) is 40.6. The molecule has 0 aromatic carbocycles. The Morgan fingerprint density at radius 2 is 1.24 bits per heavy atom. The lowest BCUT2D eigenvalue weighted by molar-refractivity contribution is -0.139. The highest BCUT2D eigenvalue weighted by Gasteiger charge is 1.95. The first kappa shape index (κ1) is 20.7. The third-order valence-electron chi connectivity index (χ3n) is 1.46. The van der Waals surface area contributed by atoms with Crippen molar-refractivity contribution < 1.29 is 38.9 Å². The minimum atomic E-state index is -1.16. The molecule has 118 valence electrons. The second kappa shape index (κ2) is 13.8. The molecular formula is C13H18O8. The molecule has 2 N–H and O–H groups in total. The highest BCUT2D eigenvalue weighted by atomic mass is 16.5. The molecule has 21 heavy (non-hydrogen) atoms. The van der Waals surface area contributed by atoms with Crippen LogP contribution in [-0.4, -0.2) is 47.3 Å². The van der Waals surface area contributed by atoms with Crippen molar-refractivity contribution in [1.29, 1.82) is 0 Å². The van der Waals surface area contributed by atoms with E-state index in [1.807, 2.05) is 6.92 Å². The first-order valence-electron chi connectivity index (χ1n) is 5.98. The smallest absolute Gasteiger partial charge is 0.331 e. The highest BCUT2D eigenvalue weighted by molar-refractivity contribution is 5.91. The van der Waals surface area contributed by atoms with Crippen LogP contribution < -0.4 is 0 Å². The Balaban J connectivity index is 0. The first-order chi connectivity index (χ1) is 9.83. The summed E-state index contributed by atoms with van der Waals surface area (Å²) < 4.78 is 8.96. The van der Waals surface area contributed by atoms with E-state index in [0.717, 1.165) is 30.7 Å². The molecule has 0 aliphatic carbocycles. The van der Waals surface area contributed by atoms with Gasteiger partial charge in [-0.05, 0) is 13.3 Å². The van der Waals surface area contributed by atoms with Crippen LogP contribution in [0.3, 0.4) is 0 Å². The molecule has 0 saturated carbocycles. The summed E-state index contributed by atoms with van der Waals surface area (Å²) in [6.07, 6.45) is 3.96. The number of rotatable bonds is 7. The van der Waals surface area contributed by atoms with E-state index in [1.165, 1.54) is 0 Å². The number of hydrogen-bond acceptors (Lipinski definition) is 6. The summed E-state index contributed by atoms with van der Waals surface area (Å²) in [6, 6.07) is 0. The lowest BCUT2D eigenvalue weighted by Crippen LogP contribution is -2.02. The minimum absolute atomic E-state index is 0.253. The Morgan fingerprint density at radius 3 is 1.57 bits per heavy atom. The molecule has 0 unspecified atom stereocenters. The van der Waals surface area contributed by atoms with E-state index >= 15 is 0 Å². The average Bonchev–Trinajstić information content (AvgIpc) is 2.41. The molecule has 0 bridgehead atoms. The van der Waals surface area contributed by atoms with Gasteiger partial charge in [0.05, 0.1) is 13.2 Å². The predicted molar refractivity (Wildman–Crippen MR) is 71.4 cm³/mol. The van der Waals surface area contributed by atoms with Crippen molar-refractivity contribution in [1.82, 2.24) is 0 Å². The number of carbonyl (C=O) groups is 4. The summed E-state index contributed by atoms with van der Waals surface area (Å²) >= 11 is 0. The zero-order valence-electron chi connectivity index (χ0n) is 11.8. The predicted octanol–water partition coefficient (Wildman–Crippen LogP) is 0.771. The van der Waals surface area contributed by atoms with Gasteiger partial charge < -0.3 is 19.7 Å². The van der Waals surface area contributed by atoms with Gasteiger partial charge in [-0.1, -0.05) is 6.92 Å². The monoisotopic (exact) mass is 302 g/mol. The second-order valence-electron chi connectivity index (χ2n) is 3.26. The third kappa shape index (κ3) is 19.9. The maximum atomic E-state index is 10.5. The number of ether oxygens (including phenoxy) is 2. The zero-order valence-corrected chi connectivity index (χ0v) is 11.8. The second-order valence-corrected chi connectivity index (χ2v) is 3.26. The summed E-state index contributed by atoms with van der Waals surface area (Å²) in [5, 5.41) is 16.1. The Bertz CT molecular complexity index is 408. The van der Waals surface area contributed by atoms with Gasteiger partial charge in [0.2, 0.25) is 0 Å². The molecule has 0 heterocycles. The van der Waals surface area contributed by atoms with E-state index in [2.05, 4.69) is 9.47 Å². The minimum Gasteiger partial charge on any atom is -0.478 e. The zero-order chi connectivity index (χ0) is 16.7. The summed E-state index contributed by atoms with van der Waals surface area (Å²) in [5.74, 6) is -3.56. The fourth-order valence-electron chi connectivity index (χ4n) is 0.720. The van der Waals surface area contributed by atoms with Gasteiger partial charge >= 0.3 is 23.9 Å². The molecule has 0 aromatic rings. The summed E-state index contributed by atoms with van der Waals surface area (Å²) in [7, 11) is 0. The van der Waals surface area contributed by atoms with Gasteiger partial charge in [0.15, 0.2) is 0 Å². The molecule has 0 radical (unpaired) electrons. The molecular weight excluding hydrogens is 284 g/mol. The fraction of sp³-hybridized carbons (Fsp3) is 0.385. The molecule has 0 aliphatic rings. The van der Waals surface area contributed by atoms with Gasteiger partial charge in [-0.3, -0.25) is 0 Å². The molecule has 0 rings (SSSR count). The summed E-state index contributed by atoms with van der Waals surface area (Å²) in [5.41, 5.74) is 0. The lowest BCUT2D eigenvalue weighted by atomic mass is 10.5. The standard InChI is InChI=1S/C7H10O4.C6H8O4/c1-2-5-11-7(10)4-3-6(8)9;1-2-10-6(9)4-3-5(7)8/h3-4H,2,5H2,1H3,(H,8,9);3-4H,2H2,1H3,(H,7,8)/b2*4-3+. The molecule has 0 amide bonds. The number of carbonyl (C=O) groups excluding carboxylic acids is 2. The molecule has 0 spiro atoms. The van der Waals surface area contributed by atoms with E-state index in [0.29, 0.717) is 6.61 Å². The number of carboxylic acids is 2. The van der Waals surface area contributed by atoms with Gasteiger partial charge in [0.25, 0.3) is 0 Å². The Labute approximate surface area is 121 Å². The van der Waals surface area contributed by atoms with Crippen LogP contribution >= 0.6 is 0 Å². The van der Waals surface area contributed by atoms with Crippen LogP contribution in [0.5, 0.6) is 0 Å². The Kier molecular flexibility index (Phi) is 13.6. The largest absolute Gasteiger partial charge is 0.478 e. The Morgan fingerprint density at radius 1 is 0.810 bits per heavy atom. The van der Waals surface area contributed by atoms with E-state index in [9.17, 15) is 19.2 Å². The number of aliphatic carboxylic acids is 2. The van der Waals surface area contributed by atoms with Crippen molar-refractivity contribution >= 4 is 23.9 Å². The number of hydrogen-bond donors (Lipinski definition) is 2. The molecule has 0 saturated heterocycles. The van der Waals surface area contributed by atoms with E-state index in [4.69, 9.17) is 10.2 Å². The van der Waals surface area contributed by atoms with Gasteiger partial charge in [-0.25, -0.2) is 19.2 Å². The van der Waals surface area contributed by atoms with Crippen LogP contribution in [0.1, 0.15) is 20.3 Å². The van der Waals surface area contributed by atoms with Crippen molar-refractivity contribution in [3.05, 3.63) is 24.3 Å². The first-order valence-corrected chi connectivity index (χ1v) is 5.98. The van der Waals surface area contributed by atoms with Crippen molar-refractivity contribution in [2.45, 2.75) is 20.3 Å². The lowest BCUT2D eigenvalue weighted by Gasteiger charge is -1.95. The maximum Gasteiger partial charge on any atom is 0.331 e. The average molecular weight is 302 g/mol. The van der Waals surface area contributed by atoms with E-state index in [1.54, 1.807) is 6.92 Å². The normalized spacial score (nSPS) is 9.81.